The molecule has 1 atom stereocenters. The summed E-state index contributed by atoms with van der Waals surface area (Å²) in [7, 11) is 0. The number of halogens is 1. The van der Waals surface area contributed by atoms with Crippen LogP contribution in [0.15, 0.2) is 42.7 Å². The number of anilines is 1. The molecule has 0 fully saturated rings. The highest BCUT2D eigenvalue weighted by atomic mass is 35.5. The van der Waals surface area contributed by atoms with Gasteiger partial charge in [0.2, 0.25) is 0 Å². The topological polar surface area (TPSA) is 29.0 Å². The molecule has 0 saturated heterocycles. The number of pyridine rings is 1. The van der Waals surface area contributed by atoms with E-state index in [0.717, 1.165) is 39.9 Å². The van der Waals surface area contributed by atoms with Gasteiger partial charge in [-0.3, -0.25) is 4.98 Å². The van der Waals surface area contributed by atoms with Crippen LogP contribution in [0, 0.1) is 13.8 Å². The molecule has 0 aliphatic rings. The monoisotopic (exact) mass is 385 g/mol. The molecule has 1 aromatic carbocycles. The molecule has 0 radical (unpaired) electrons. The number of hydrogen-bond donors (Lipinski definition) is 0. The van der Waals surface area contributed by atoms with Crippen LogP contribution in [0.25, 0.3) is 11.3 Å². The second-order valence-electron chi connectivity index (χ2n) is 6.53. The Morgan fingerprint density at radius 2 is 1.88 bits per heavy atom. The minimum absolute atomic E-state index is 0.241. The van der Waals surface area contributed by atoms with E-state index in [-0.39, 0.29) is 6.04 Å². The molecule has 0 amide bonds. The van der Waals surface area contributed by atoms with Gasteiger partial charge in [0.05, 0.1) is 16.8 Å². The van der Waals surface area contributed by atoms with E-state index < -0.39 is 0 Å². The molecule has 0 N–H and O–H groups in total. The summed E-state index contributed by atoms with van der Waals surface area (Å²) in [6.07, 6.45) is 4.76. The van der Waals surface area contributed by atoms with E-state index >= 15 is 0 Å². The van der Waals surface area contributed by atoms with E-state index in [2.05, 4.69) is 54.9 Å². The molecular formula is C21H24ClN3S. The molecule has 0 aliphatic carbocycles. The van der Waals surface area contributed by atoms with Crippen LogP contribution in [-0.2, 0) is 0 Å². The van der Waals surface area contributed by atoms with Crippen LogP contribution >= 0.6 is 22.9 Å². The number of rotatable bonds is 6. The number of thiazole rings is 1. The number of aromatic nitrogens is 2. The van der Waals surface area contributed by atoms with E-state index in [1.165, 1.54) is 10.4 Å². The van der Waals surface area contributed by atoms with E-state index in [0.29, 0.717) is 0 Å². The van der Waals surface area contributed by atoms with Gasteiger partial charge < -0.3 is 4.90 Å². The molecule has 2 heterocycles. The third-order valence-corrected chi connectivity index (χ3v) is 5.85. The highest BCUT2D eigenvalue weighted by Crippen LogP contribution is 2.38. The third-order valence-electron chi connectivity index (χ3n) is 4.53. The van der Waals surface area contributed by atoms with Gasteiger partial charge in [0.25, 0.3) is 0 Å². The fourth-order valence-corrected chi connectivity index (χ4v) is 4.44. The molecule has 0 aliphatic heterocycles. The molecule has 26 heavy (non-hydrogen) atoms. The summed E-state index contributed by atoms with van der Waals surface area (Å²) in [6, 6.07) is 10.5. The summed E-state index contributed by atoms with van der Waals surface area (Å²) in [4.78, 5) is 12.7. The van der Waals surface area contributed by atoms with Crippen LogP contribution in [0.1, 0.15) is 42.3 Å². The van der Waals surface area contributed by atoms with Gasteiger partial charge in [0.15, 0.2) is 5.13 Å². The minimum Gasteiger partial charge on any atom is -0.341 e. The van der Waals surface area contributed by atoms with E-state index in [9.17, 15) is 0 Å². The number of hydrogen-bond acceptors (Lipinski definition) is 4. The van der Waals surface area contributed by atoms with Crippen LogP contribution in [0.4, 0.5) is 5.13 Å². The third kappa shape index (κ3) is 3.92. The first kappa shape index (κ1) is 18.9. The van der Waals surface area contributed by atoms with Crippen molar-refractivity contribution in [2.24, 2.45) is 0 Å². The second-order valence-corrected chi connectivity index (χ2v) is 8.12. The Kier molecular flexibility index (Phi) is 5.94. The molecular weight excluding hydrogens is 362 g/mol. The summed E-state index contributed by atoms with van der Waals surface area (Å²) >= 11 is 8.22. The lowest BCUT2D eigenvalue weighted by atomic mass is 10.1. The minimum atomic E-state index is 0.241. The maximum atomic E-state index is 6.49. The van der Waals surface area contributed by atoms with Crippen molar-refractivity contribution in [3.63, 3.8) is 0 Å². The standard InChI is InChI=1S/C21H24ClN3S/c1-5-12-25(15(3)17-8-10-23-11-9-17)21-24-20(16(4)26-21)18-7-6-14(2)13-19(18)22/h6-11,13,15H,5,12H2,1-4H3. The first-order valence-electron chi connectivity index (χ1n) is 8.91. The fraction of sp³-hybridized carbons (Fsp3) is 0.333. The predicted molar refractivity (Wildman–Crippen MR) is 112 cm³/mol. The van der Waals surface area contributed by atoms with E-state index in [1.807, 2.05) is 25.4 Å². The van der Waals surface area contributed by atoms with Crippen molar-refractivity contribution in [3.05, 3.63) is 63.8 Å². The summed E-state index contributed by atoms with van der Waals surface area (Å²) in [5.41, 5.74) is 4.39. The second kappa shape index (κ2) is 8.19. The van der Waals surface area contributed by atoms with Crippen molar-refractivity contribution < 1.29 is 0 Å². The molecule has 3 rings (SSSR count). The van der Waals surface area contributed by atoms with Gasteiger partial charge in [-0.05, 0) is 56.5 Å². The molecule has 0 spiro atoms. The van der Waals surface area contributed by atoms with Gasteiger partial charge in [-0.25, -0.2) is 4.98 Å². The van der Waals surface area contributed by atoms with Gasteiger partial charge in [0, 0.05) is 29.4 Å². The predicted octanol–water partition coefficient (Wildman–Crippen LogP) is 6.45. The van der Waals surface area contributed by atoms with E-state index in [1.54, 1.807) is 11.3 Å². The summed E-state index contributed by atoms with van der Waals surface area (Å²) in [5, 5.41) is 1.80. The number of aryl methyl sites for hydroxylation is 2. The van der Waals surface area contributed by atoms with Crippen LogP contribution in [0.2, 0.25) is 5.02 Å². The van der Waals surface area contributed by atoms with Crippen molar-refractivity contribution in [3.8, 4) is 11.3 Å². The largest absolute Gasteiger partial charge is 0.341 e. The fourth-order valence-electron chi connectivity index (χ4n) is 3.09. The molecule has 136 valence electrons. The number of nitrogens with zero attached hydrogens (tertiary/aromatic N) is 3. The smallest absolute Gasteiger partial charge is 0.186 e. The van der Waals surface area contributed by atoms with E-state index in [4.69, 9.17) is 16.6 Å². The van der Waals surface area contributed by atoms with Crippen LogP contribution < -0.4 is 4.90 Å². The zero-order valence-corrected chi connectivity index (χ0v) is 17.2. The van der Waals surface area contributed by atoms with Crippen molar-refractivity contribution in [1.82, 2.24) is 9.97 Å². The Morgan fingerprint density at radius 3 is 2.54 bits per heavy atom. The number of benzene rings is 1. The summed E-state index contributed by atoms with van der Waals surface area (Å²) in [5.74, 6) is 0. The van der Waals surface area contributed by atoms with Crippen molar-refractivity contribution in [2.75, 3.05) is 11.4 Å². The van der Waals surface area contributed by atoms with Gasteiger partial charge in [-0.15, -0.1) is 11.3 Å². The Hall–Kier alpha value is -1.91. The molecule has 0 bridgehead atoms. The van der Waals surface area contributed by atoms with Crippen molar-refractivity contribution in [2.45, 2.75) is 40.2 Å². The van der Waals surface area contributed by atoms with Gasteiger partial charge in [-0.2, -0.15) is 0 Å². The van der Waals surface area contributed by atoms with Crippen LogP contribution in [0.3, 0.4) is 0 Å². The Labute approximate surface area is 164 Å². The van der Waals surface area contributed by atoms with Crippen LogP contribution in [-0.4, -0.2) is 16.5 Å². The molecule has 0 saturated carbocycles. The SMILES string of the molecule is CCCN(c1nc(-c2ccc(C)cc2Cl)c(C)s1)C(C)c1ccncc1. The average Bonchev–Trinajstić information content (AvgIpc) is 3.01. The Bertz CT molecular complexity index is 876. The lowest BCUT2D eigenvalue weighted by Gasteiger charge is -2.28. The first-order chi connectivity index (χ1) is 12.5. The van der Waals surface area contributed by atoms with Crippen molar-refractivity contribution in [1.29, 1.82) is 0 Å². The highest BCUT2D eigenvalue weighted by molar-refractivity contribution is 7.16. The van der Waals surface area contributed by atoms with Gasteiger partial charge in [0.1, 0.15) is 0 Å². The molecule has 1 unspecified atom stereocenters. The van der Waals surface area contributed by atoms with Gasteiger partial charge >= 0.3 is 0 Å². The van der Waals surface area contributed by atoms with Crippen LogP contribution in [0.5, 0.6) is 0 Å². The van der Waals surface area contributed by atoms with Crippen molar-refractivity contribution >= 4 is 28.1 Å². The molecule has 2 aromatic heterocycles. The quantitative estimate of drug-likeness (QED) is 0.488. The lowest BCUT2D eigenvalue weighted by molar-refractivity contribution is 0.656. The summed E-state index contributed by atoms with van der Waals surface area (Å²) in [6.45, 7) is 9.55. The first-order valence-corrected chi connectivity index (χ1v) is 10.1. The average molecular weight is 386 g/mol. The maximum Gasteiger partial charge on any atom is 0.186 e. The lowest BCUT2D eigenvalue weighted by Crippen LogP contribution is -2.27. The zero-order valence-electron chi connectivity index (χ0n) is 15.7. The Balaban J connectivity index is 1.99. The molecule has 3 nitrogen and oxygen atoms in total. The molecule has 5 heteroatoms. The van der Waals surface area contributed by atoms with Gasteiger partial charge in [-0.1, -0.05) is 30.7 Å². The highest BCUT2D eigenvalue weighted by Gasteiger charge is 2.21. The molecule has 3 aromatic rings. The Morgan fingerprint density at radius 1 is 1.15 bits per heavy atom. The summed E-state index contributed by atoms with van der Waals surface area (Å²) < 4.78 is 0. The maximum absolute atomic E-state index is 6.49. The normalized spacial score (nSPS) is 12.2. The zero-order chi connectivity index (χ0) is 18.7.